The van der Waals surface area contributed by atoms with Crippen molar-refractivity contribution >= 4 is 5.91 Å². The minimum atomic E-state index is 0.0735. The summed E-state index contributed by atoms with van der Waals surface area (Å²) in [5, 5.41) is 3.12. The van der Waals surface area contributed by atoms with Crippen LogP contribution >= 0.6 is 0 Å². The Morgan fingerprint density at radius 3 is 2.62 bits per heavy atom. The molecule has 92 valence electrons. The van der Waals surface area contributed by atoms with Gasteiger partial charge in [0.25, 0.3) is 0 Å². The summed E-state index contributed by atoms with van der Waals surface area (Å²) in [6.45, 7) is 5.59. The van der Waals surface area contributed by atoms with E-state index in [4.69, 9.17) is 0 Å². The van der Waals surface area contributed by atoms with Crippen LogP contribution in [0.25, 0.3) is 0 Å². The molecule has 3 heteroatoms. The number of likely N-dealkylation sites (tertiary alicyclic amines) is 1. The van der Waals surface area contributed by atoms with Crippen LogP contribution in [0.4, 0.5) is 0 Å². The lowest BCUT2D eigenvalue weighted by molar-refractivity contribution is -0.133. The second-order valence-electron chi connectivity index (χ2n) is 5.50. The minimum Gasteiger partial charge on any atom is -0.338 e. The largest absolute Gasteiger partial charge is 0.338 e. The third kappa shape index (κ3) is 1.97. The predicted octanol–water partition coefficient (Wildman–Crippen LogP) is 1.63. The Labute approximate surface area is 98.6 Å². The van der Waals surface area contributed by atoms with Crippen LogP contribution in [0.1, 0.15) is 39.5 Å². The molecule has 0 aromatic carbocycles. The van der Waals surface area contributed by atoms with Gasteiger partial charge in [0.2, 0.25) is 5.91 Å². The Kier molecular flexibility index (Phi) is 3.53. The van der Waals surface area contributed by atoms with E-state index in [0.717, 1.165) is 18.9 Å². The summed E-state index contributed by atoms with van der Waals surface area (Å²) in [7, 11) is 1.89. The lowest BCUT2D eigenvalue weighted by Crippen LogP contribution is -2.47. The minimum absolute atomic E-state index is 0.0735. The molecular weight excluding hydrogens is 200 g/mol. The van der Waals surface area contributed by atoms with Crippen LogP contribution in [-0.4, -0.2) is 36.5 Å². The van der Waals surface area contributed by atoms with Crippen molar-refractivity contribution in [3.63, 3.8) is 0 Å². The van der Waals surface area contributed by atoms with Gasteiger partial charge in [-0.1, -0.05) is 26.7 Å². The van der Waals surface area contributed by atoms with Crippen molar-refractivity contribution < 1.29 is 4.79 Å². The van der Waals surface area contributed by atoms with Crippen molar-refractivity contribution in [3.05, 3.63) is 0 Å². The molecule has 1 saturated heterocycles. The summed E-state index contributed by atoms with van der Waals surface area (Å²) in [6, 6.07) is 0.569. The molecule has 0 aromatic rings. The number of amides is 1. The zero-order valence-corrected chi connectivity index (χ0v) is 10.7. The van der Waals surface area contributed by atoms with Crippen LogP contribution in [0.2, 0.25) is 0 Å². The molecule has 1 aliphatic heterocycles. The standard InChI is InChI=1S/C13H24N2O/c1-9-5-4-6-12(10(9)2)15-8-7-11(14-3)13(15)16/h9-12,14H,4-8H2,1-3H3. The van der Waals surface area contributed by atoms with Crippen molar-refractivity contribution in [1.29, 1.82) is 0 Å². The van der Waals surface area contributed by atoms with Gasteiger partial charge in [0.05, 0.1) is 6.04 Å². The maximum absolute atomic E-state index is 12.2. The summed E-state index contributed by atoms with van der Waals surface area (Å²) in [6.07, 6.45) is 4.79. The molecule has 3 nitrogen and oxygen atoms in total. The molecule has 1 amide bonds. The molecule has 1 saturated carbocycles. The van der Waals surface area contributed by atoms with Crippen LogP contribution in [0.5, 0.6) is 0 Å². The van der Waals surface area contributed by atoms with Crippen molar-refractivity contribution in [2.75, 3.05) is 13.6 Å². The third-order valence-electron chi connectivity index (χ3n) is 4.65. The van der Waals surface area contributed by atoms with E-state index in [0.29, 0.717) is 17.9 Å². The van der Waals surface area contributed by atoms with Crippen molar-refractivity contribution in [3.8, 4) is 0 Å². The van der Waals surface area contributed by atoms with Crippen molar-refractivity contribution in [2.24, 2.45) is 11.8 Å². The molecule has 0 aromatic heterocycles. The molecule has 4 atom stereocenters. The van der Waals surface area contributed by atoms with Gasteiger partial charge in [-0.2, -0.15) is 0 Å². The van der Waals surface area contributed by atoms with E-state index in [-0.39, 0.29) is 6.04 Å². The molecule has 1 heterocycles. The smallest absolute Gasteiger partial charge is 0.240 e. The fourth-order valence-electron chi connectivity index (χ4n) is 3.29. The summed E-state index contributed by atoms with van der Waals surface area (Å²) in [5.41, 5.74) is 0. The number of carbonyl (C=O) groups excluding carboxylic acids is 1. The van der Waals surface area contributed by atoms with Gasteiger partial charge in [-0.25, -0.2) is 0 Å². The average Bonchev–Trinajstić information content (AvgIpc) is 2.64. The first-order valence-corrected chi connectivity index (χ1v) is 6.63. The third-order valence-corrected chi connectivity index (χ3v) is 4.65. The molecular formula is C13H24N2O. The van der Waals surface area contributed by atoms with Crippen LogP contribution in [0.15, 0.2) is 0 Å². The van der Waals surface area contributed by atoms with E-state index < -0.39 is 0 Å². The Morgan fingerprint density at radius 2 is 2.00 bits per heavy atom. The lowest BCUT2D eigenvalue weighted by Gasteiger charge is -2.40. The topological polar surface area (TPSA) is 32.3 Å². The predicted molar refractivity (Wildman–Crippen MR) is 65.1 cm³/mol. The number of rotatable bonds is 2. The average molecular weight is 224 g/mol. The maximum Gasteiger partial charge on any atom is 0.240 e. The molecule has 2 aliphatic rings. The number of likely N-dealkylation sites (N-methyl/N-ethyl adjacent to an activating group) is 1. The first-order chi connectivity index (χ1) is 7.65. The Balaban J connectivity index is 2.04. The summed E-state index contributed by atoms with van der Waals surface area (Å²) < 4.78 is 0. The summed E-state index contributed by atoms with van der Waals surface area (Å²) in [5.74, 6) is 1.75. The SMILES string of the molecule is CNC1CCN(C2CCCC(C)C2C)C1=O. The molecule has 0 bridgehead atoms. The highest BCUT2D eigenvalue weighted by Gasteiger charge is 2.39. The molecule has 2 fully saturated rings. The highest BCUT2D eigenvalue weighted by atomic mass is 16.2. The van der Waals surface area contributed by atoms with Crippen molar-refractivity contribution in [1.82, 2.24) is 10.2 Å². The Hall–Kier alpha value is -0.570. The van der Waals surface area contributed by atoms with E-state index in [1.54, 1.807) is 0 Å². The van der Waals surface area contributed by atoms with Crippen molar-refractivity contribution in [2.45, 2.75) is 51.6 Å². The van der Waals surface area contributed by atoms with Gasteiger partial charge in [-0.3, -0.25) is 4.79 Å². The first-order valence-electron chi connectivity index (χ1n) is 6.63. The molecule has 2 rings (SSSR count). The number of nitrogens with one attached hydrogen (secondary N) is 1. The molecule has 0 radical (unpaired) electrons. The molecule has 16 heavy (non-hydrogen) atoms. The number of nitrogens with zero attached hydrogens (tertiary/aromatic N) is 1. The van der Waals surface area contributed by atoms with Gasteiger partial charge < -0.3 is 10.2 Å². The number of carbonyl (C=O) groups is 1. The van der Waals surface area contributed by atoms with E-state index in [2.05, 4.69) is 24.1 Å². The first kappa shape index (κ1) is 11.9. The Morgan fingerprint density at radius 1 is 1.25 bits per heavy atom. The highest BCUT2D eigenvalue weighted by Crippen LogP contribution is 2.34. The van der Waals surface area contributed by atoms with E-state index in [1.807, 2.05) is 7.05 Å². The molecule has 4 unspecified atom stereocenters. The fourth-order valence-corrected chi connectivity index (χ4v) is 3.29. The van der Waals surface area contributed by atoms with Gasteiger partial charge in [0.15, 0.2) is 0 Å². The van der Waals surface area contributed by atoms with E-state index >= 15 is 0 Å². The van der Waals surface area contributed by atoms with Gasteiger partial charge in [-0.15, -0.1) is 0 Å². The zero-order valence-electron chi connectivity index (χ0n) is 10.7. The van der Waals surface area contributed by atoms with Gasteiger partial charge in [-0.05, 0) is 31.7 Å². The molecule has 1 aliphatic carbocycles. The zero-order chi connectivity index (χ0) is 11.7. The van der Waals surface area contributed by atoms with Crippen LogP contribution in [0.3, 0.4) is 0 Å². The number of hydrogen-bond donors (Lipinski definition) is 1. The van der Waals surface area contributed by atoms with E-state index in [1.165, 1.54) is 19.3 Å². The Bertz CT molecular complexity index is 267. The fraction of sp³-hybridized carbons (Fsp3) is 0.923. The van der Waals surface area contributed by atoms with Crippen LogP contribution in [-0.2, 0) is 4.79 Å². The van der Waals surface area contributed by atoms with Gasteiger partial charge in [0, 0.05) is 12.6 Å². The van der Waals surface area contributed by atoms with Crippen LogP contribution in [0, 0.1) is 11.8 Å². The maximum atomic E-state index is 12.2. The molecule has 0 spiro atoms. The second kappa shape index (κ2) is 4.74. The van der Waals surface area contributed by atoms with Crippen LogP contribution < -0.4 is 5.32 Å². The van der Waals surface area contributed by atoms with Gasteiger partial charge in [0.1, 0.15) is 0 Å². The quantitative estimate of drug-likeness (QED) is 0.773. The molecule has 1 N–H and O–H groups in total. The highest BCUT2D eigenvalue weighted by molar-refractivity contribution is 5.84. The normalized spacial score (nSPS) is 40.4. The summed E-state index contributed by atoms with van der Waals surface area (Å²) in [4.78, 5) is 14.3. The monoisotopic (exact) mass is 224 g/mol. The van der Waals surface area contributed by atoms with Gasteiger partial charge >= 0.3 is 0 Å². The second-order valence-corrected chi connectivity index (χ2v) is 5.50. The lowest BCUT2D eigenvalue weighted by atomic mass is 9.77. The summed E-state index contributed by atoms with van der Waals surface area (Å²) >= 11 is 0. The van der Waals surface area contributed by atoms with E-state index in [9.17, 15) is 4.79 Å². The number of hydrogen-bond acceptors (Lipinski definition) is 2.